The molecule has 0 amide bonds. The molecule has 0 spiro atoms. The van der Waals surface area contributed by atoms with Gasteiger partial charge in [-0.25, -0.2) is 0 Å². The lowest BCUT2D eigenvalue weighted by Crippen LogP contribution is -2.13. The zero-order valence-electron chi connectivity index (χ0n) is 8.38. The quantitative estimate of drug-likeness (QED) is 0.757. The first-order chi connectivity index (χ1) is 6.33. The Bertz CT molecular complexity index is 286. The second-order valence-corrected chi connectivity index (χ2v) is 3.73. The van der Waals surface area contributed by atoms with Gasteiger partial charge in [-0.05, 0) is 19.4 Å². The first-order valence-corrected chi connectivity index (χ1v) is 5.04. The molecule has 1 fully saturated rings. The highest BCUT2D eigenvalue weighted by molar-refractivity contribution is 5.25. The van der Waals surface area contributed by atoms with Gasteiger partial charge in [-0.2, -0.15) is 5.10 Å². The zero-order valence-corrected chi connectivity index (χ0v) is 8.38. The van der Waals surface area contributed by atoms with Crippen LogP contribution in [0.15, 0.2) is 6.20 Å². The van der Waals surface area contributed by atoms with Gasteiger partial charge in [-0.1, -0.05) is 6.92 Å². The lowest BCUT2D eigenvalue weighted by atomic mass is 10.2. The van der Waals surface area contributed by atoms with Gasteiger partial charge in [0.05, 0.1) is 6.20 Å². The van der Waals surface area contributed by atoms with Crippen molar-refractivity contribution in [3.63, 3.8) is 0 Å². The summed E-state index contributed by atoms with van der Waals surface area (Å²) in [5.74, 6) is 0.793. The molecular formula is C10H17N3. The molecule has 0 aromatic carbocycles. The molecule has 0 unspecified atom stereocenters. The van der Waals surface area contributed by atoms with E-state index in [9.17, 15) is 0 Å². The van der Waals surface area contributed by atoms with Gasteiger partial charge < -0.3 is 5.32 Å². The van der Waals surface area contributed by atoms with E-state index >= 15 is 0 Å². The Morgan fingerprint density at radius 3 is 3.00 bits per heavy atom. The van der Waals surface area contributed by atoms with Crippen molar-refractivity contribution in [2.24, 2.45) is 7.05 Å². The van der Waals surface area contributed by atoms with E-state index in [-0.39, 0.29) is 0 Å². The maximum Gasteiger partial charge on any atom is 0.0537 e. The van der Waals surface area contributed by atoms with E-state index in [1.165, 1.54) is 24.1 Å². The topological polar surface area (TPSA) is 29.9 Å². The first-order valence-electron chi connectivity index (χ1n) is 5.04. The van der Waals surface area contributed by atoms with E-state index in [2.05, 4.69) is 17.3 Å². The summed E-state index contributed by atoms with van der Waals surface area (Å²) in [7, 11) is 2.04. The van der Waals surface area contributed by atoms with Crippen LogP contribution in [0.1, 0.15) is 36.9 Å². The average Bonchev–Trinajstić information content (AvgIpc) is 2.88. The molecule has 0 saturated heterocycles. The number of nitrogens with zero attached hydrogens (tertiary/aromatic N) is 2. The van der Waals surface area contributed by atoms with Crippen LogP contribution in [0, 0.1) is 0 Å². The largest absolute Gasteiger partial charge is 0.313 e. The third kappa shape index (κ3) is 1.75. The van der Waals surface area contributed by atoms with Crippen molar-refractivity contribution >= 4 is 0 Å². The summed E-state index contributed by atoms with van der Waals surface area (Å²) in [6.45, 7) is 4.13. The van der Waals surface area contributed by atoms with Crippen LogP contribution in [0.5, 0.6) is 0 Å². The number of aromatic nitrogens is 2. The molecule has 13 heavy (non-hydrogen) atoms. The smallest absolute Gasteiger partial charge is 0.0537 e. The van der Waals surface area contributed by atoms with Gasteiger partial charge in [0.2, 0.25) is 0 Å². The predicted octanol–water partition coefficient (Wildman–Crippen LogP) is 1.41. The van der Waals surface area contributed by atoms with E-state index in [0.717, 1.165) is 19.0 Å². The van der Waals surface area contributed by atoms with Crippen molar-refractivity contribution in [1.29, 1.82) is 0 Å². The van der Waals surface area contributed by atoms with Crippen LogP contribution in [-0.2, 0) is 13.6 Å². The molecule has 0 radical (unpaired) electrons. The van der Waals surface area contributed by atoms with Crippen molar-refractivity contribution in [2.75, 3.05) is 6.54 Å². The first kappa shape index (κ1) is 8.75. The summed E-state index contributed by atoms with van der Waals surface area (Å²) < 4.78 is 2.03. The Morgan fingerprint density at radius 1 is 1.62 bits per heavy atom. The van der Waals surface area contributed by atoms with Crippen molar-refractivity contribution in [3.8, 4) is 0 Å². The molecule has 3 nitrogen and oxygen atoms in total. The fourth-order valence-corrected chi connectivity index (χ4v) is 1.77. The molecule has 1 aromatic heterocycles. The summed E-state index contributed by atoms with van der Waals surface area (Å²) in [4.78, 5) is 0. The van der Waals surface area contributed by atoms with E-state index < -0.39 is 0 Å². The molecule has 72 valence electrons. The molecule has 3 heteroatoms. The van der Waals surface area contributed by atoms with Gasteiger partial charge >= 0.3 is 0 Å². The van der Waals surface area contributed by atoms with Gasteiger partial charge in [0.15, 0.2) is 0 Å². The molecule has 0 aliphatic heterocycles. The number of hydrogen-bond acceptors (Lipinski definition) is 2. The molecule has 1 N–H and O–H groups in total. The number of nitrogens with one attached hydrogen (secondary N) is 1. The molecule has 1 aromatic rings. The summed E-state index contributed by atoms with van der Waals surface area (Å²) in [6, 6.07) is 0. The molecule has 1 aliphatic rings. The second kappa shape index (κ2) is 3.50. The van der Waals surface area contributed by atoms with Crippen molar-refractivity contribution < 1.29 is 0 Å². The minimum Gasteiger partial charge on any atom is -0.313 e. The van der Waals surface area contributed by atoms with Crippen molar-refractivity contribution in [3.05, 3.63) is 17.5 Å². The fraction of sp³-hybridized carbons (Fsp3) is 0.700. The lowest BCUT2D eigenvalue weighted by molar-refractivity contribution is 0.690. The van der Waals surface area contributed by atoms with Gasteiger partial charge in [0, 0.05) is 30.8 Å². The molecule has 1 saturated carbocycles. The zero-order chi connectivity index (χ0) is 9.26. The Balaban J connectivity index is 2.13. The molecule has 0 atom stereocenters. The fourth-order valence-electron chi connectivity index (χ4n) is 1.77. The summed E-state index contributed by atoms with van der Waals surface area (Å²) in [5, 5.41) is 7.65. The minimum atomic E-state index is 0.793. The maximum atomic E-state index is 4.31. The normalized spacial score (nSPS) is 16.5. The van der Waals surface area contributed by atoms with E-state index in [4.69, 9.17) is 0 Å². The maximum absolute atomic E-state index is 4.31. The SMILES string of the molecule is CCNCc1cnn(C)c1C1CC1. The van der Waals surface area contributed by atoms with Crippen LogP contribution in [0.25, 0.3) is 0 Å². The summed E-state index contributed by atoms with van der Waals surface area (Å²) >= 11 is 0. The van der Waals surface area contributed by atoms with Crippen LogP contribution in [0.2, 0.25) is 0 Å². The highest BCUT2D eigenvalue weighted by Crippen LogP contribution is 2.41. The Kier molecular flexibility index (Phi) is 2.36. The lowest BCUT2D eigenvalue weighted by Gasteiger charge is -2.04. The highest BCUT2D eigenvalue weighted by Gasteiger charge is 2.28. The second-order valence-electron chi connectivity index (χ2n) is 3.73. The highest BCUT2D eigenvalue weighted by atomic mass is 15.3. The van der Waals surface area contributed by atoms with Crippen LogP contribution in [-0.4, -0.2) is 16.3 Å². The van der Waals surface area contributed by atoms with Gasteiger partial charge in [0.1, 0.15) is 0 Å². The number of rotatable bonds is 4. The number of aryl methyl sites for hydroxylation is 1. The minimum absolute atomic E-state index is 0.793. The predicted molar refractivity (Wildman–Crippen MR) is 52.6 cm³/mol. The van der Waals surface area contributed by atoms with Crippen LogP contribution in [0.4, 0.5) is 0 Å². The van der Waals surface area contributed by atoms with Crippen molar-refractivity contribution in [2.45, 2.75) is 32.2 Å². The van der Waals surface area contributed by atoms with Crippen LogP contribution < -0.4 is 5.32 Å². The van der Waals surface area contributed by atoms with E-state index in [1.807, 2.05) is 17.9 Å². The Labute approximate surface area is 79.1 Å². The summed E-state index contributed by atoms with van der Waals surface area (Å²) in [6.07, 6.45) is 4.69. The monoisotopic (exact) mass is 179 g/mol. The van der Waals surface area contributed by atoms with Gasteiger partial charge in [0.25, 0.3) is 0 Å². The average molecular weight is 179 g/mol. The molecule has 1 aliphatic carbocycles. The Morgan fingerprint density at radius 2 is 2.38 bits per heavy atom. The van der Waals surface area contributed by atoms with Crippen LogP contribution >= 0.6 is 0 Å². The summed E-state index contributed by atoms with van der Waals surface area (Å²) in [5.41, 5.74) is 2.83. The molecule has 0 bridgehead atoms. The van der Waals surface area contributed by atoms with Crippen molar-refractivity contribution in [1.82, 2.24) is 15.1 Å². The van der Waals surface area contributed by atoms with E-state index in [1.54, 1.807) is 0 Å². The van der Waals surface area contributed by atoms with E-state index in [0.29, 0.717) is 0 Å². The van der Waals surface area contributed by atoms with Gasteiger partial charge in [-0.3, -0.25) is 4.68 Å². The molecular weight excluding hydrogens is 162 g/mol. The third-order valence-corrected chi connectivity index (χ3v) is 2.59. The standard InChI is InChI=1S/C10H17N3/c1-3-11-6-9-7-12-13(2)10(9)8-4-5-8/h7-8,11H,3-6H2,1-2H3. The third-order valence-electron chi connectivity index (χ3n) is 2.59. The molecule has 2 rings (SSSR count). The molecule has 1 heterocycles. The van der Waals surface area contributed by atoms with Crippen LogP contribution in [0.3, 0.4) is 0 Å². The van der Waals surface area contributed by atoms with Gasteiger partial charge in [-0.15, -0.1) is 0 Å². The number of hydrogen-bond donors (Lipinski definition) is 1. The Hall–Kier alpha value is -0.830.